The van der Waals surface area contributed by atoms with Crippen LogP contribution in [0.1, 0.15) is 39.5 Å². The molecule has 2 atom stereocenters. The first-order valence-electron chi connectivity index (χ1n) is 7.28. The van der Waals surface area contributed by atoms with Gasteiger partial charge >= 0.3 is 0 Å². The third kappa shape index (κ3) is 4.81. The van der Waals surface area contributed by atoms with E-state index in [2.05, 4.69) is 25.7 Å². The van der Waals surface area contributed by atoms with Crippen LogP contribution in [0.3, 0.4) is 0 Å². The molecule has 0 radical (unpaired) electrons. The summed E-state index contributed by atoms with van der Waals surface area (Å²) in [7, 11) is 0. The lowest BCUT2D eigenvalue weighted by Crippen LogP contribution is -2.37. The largest absolute Gasteiger partial charge is 0.339 e. The summed E-state index contributed by atoms with van der Waals surface area (Å²) in [6.45, 7) is 11.8. The molecule has 104 valence electrons. The monoisotopic (exact) mass is 252 g/mol. The molecule has 0 aliphatic carbocycles. The fourth-order valence-electron chi connectivity index (χ4n) is 2.68. The summed E-state index contributed by atoms with van der Waals surface area (Å²) in [4.78, 5) is 14.2. The second kappa shape index (κ2) is 8.30. The summed E-state index contributed by atoms with van der Waals surface area (Å²) in [6, 6.07) is 0. The molecule has 3 nitrogen and oxygen atoms in total. The zero-order chi connectivity index (χ0) is 13.4. The predicted octanol–water partition coefficient (Wildman–Crippen LogP) is 2.44. The first kappa shape index (κ1) is 15.2. The lowest BCUT2D eigenvalue weighted by atomic mass is 9.85. The Bertz CT molecular complexity index is 259. The Morgan fingerprint density at radius 1 is 1.61 bits per heavy atom. The molecule has 0 aromatic carbocycles. The second-order valence-corrected chi connectivity index (χ2v) is 5.42. The van der Waals surface area contributed by atoms with Gasteiger partial charge in [-0.25, -0.2) is 0 Å². The van der Waals surface area contributed by atoms with Crippen molar-refractivity contribution in [1.82, 2.24) is 10.2 Å². The summed E-state index contributed by atoms with van der Waals surface area (Å²) in [5.41, 5.74) is 0. The van der Waals surface area contributed by atoms with Gasteiger partial charge in [0.2, 0.25) is 5.91 Å². The van der Waals surface area contributed by atoms with E-state index in [0.717, 1.165) is 26.1 Å². The fraction of sp³-hybridized carbons (Fsp3) is 0.800. The molecule has 2 unspecified atom stereocenters. The van der Waals surface area contributed by atoms with Crippen molar-refractivity contribution in [1.29, 1.82) is 0 Å². The molecule has 0 aromatic rings. The van der Waals surface area contributed by atoms with Crippen LogP contribution in [0.2, 0.25) is 0 Å². The molecular weight excluding hydrogens is 224 g/mol. The lowest BCUT2D eigenvalue weighted by molar-refractivity contribution is -0.132. The van der Waals surface area contributed by atoms with E-state index >= 15 is 0 Å². The molecule has 3 heteroatoms. The van der Waals surface area contributed by atoms with Crippen LogP contribution in [0.25, 0.3) is 0 Å². The van der Waals surface area contributed by atoms with Gasteiger partial charge in [-0.2, -0.15) is 0 Å². The lowest BCUT2D eigenvalue weighted by Gasteiger charge is -2.30. The molecule has 1 saturated heterocycles. The fourth-order valence-corrected chi connectivity index (χ4v) is 2.68. The maximum absolute atomic E-state index is 12.2. The molecule has 0 aromatic heterocycles. The van der Waals surface area contributed by atoms with Gasteiger partial charge in [0.15, 0.2) is 0 Å². The number of nitrogens with one attached hydrogen (secondary N) is 1. The van der Waals surface area contributed by atoms with Gasteiger partial charge in [-0.15, -0.1) is 6.58 Å². The van der Waals surface area contributed by atoms with E-state index < -0.39 is 0 Å². The van der Waals surface area contributed by atoms with E-state index in [-0.39, 0.29) is 5.91 Å². The van der Waals surface area contributed by atoms with Crippen molar-refractivity contribution in [2.45, 2.75) is 39.5 Å². The van der Waals surface area contributed by atoms with Crippen molar-refractivity contribution in [2.24, 2.45) is 11.8 Å². The Balaban J connectivity index is 2.42. The highest BCUT2D eigenvalue weighted by atomic mass is 16.2. The van der Waals surface area contributed by atoms with E-state index in [1.54, 1.807) is 0 Å². The number of carbonyl (C=O) groups is 1. The average molecular weight is 252 g/mol. The molecule has 0 saturated carbocycles. The molecule has 1 heterocycles. The van der Waals surface area contributed by atoms with Crippen LogP contribution in [0.15, 0.2) is 12.7 Å². The van der Waals surface area contributed by atoms with Crippen LogP contribution in [0.4, 0.5) is 0 Å². The van der Waals surface area contributed by atoms with E-state index in [1.807, 2.05) is 11.0 Å². The van der Waals surface area contributed by atoms with Crippen molar-refractivity contribution in [3.05, 3.63) is 12.7 Å². The Hall–Kier alpha value is -0.830. The van der Waals surface area contributed by atoms with Gasteiger partial charge in [-0.05, 0) is 44.2 Å². The summed E-state index contributed by atoms with van der Waals surface area (Å²) in [5, 5.41) is 3.43. The van der Waals surface area contributed by atoms with Crippen LogP contribution in [-0.4, -0.2) is 37.0 Å². The highest BCUT2D eigenvalue weighted by Gasteiger charge is 2.23. The normalized spacial score (nSPS) is 21.3. The zero-order valence-corrected chi connectivity index (χ0v) is 12.0. The molecule has 1 aliphatic heterocycles. The van der Waals surface area contributed by atoms with Gasteiger partial charge in [0, 0.05) is 19.5 Å². The van der Waals surface area contributed by atoms with Gasteiger partial charge in [-0.3, -0.25) is 4.79 Å². The number of hydrogen-bond donors (Lipinski definition) is 1. The summed E-state index contributed by atoms with van der Waals surface area (Å²) >= 11 is 0. The van der Waals surface area contributed by atoms with Crippen LogP contribution >= 0.6 is 0 Å². The topological polar surface area (TPSA) is 32.3 Å². The van der Waals surface area contributed by atoms with Gasteiger partial charge < -0.3 is 10.2 Å². The molecule has 0 bridgehead atoms. The first-order valence-corrected chi connectivity index (χ1v) is 7.28. The van der Waals surface area contributed by atoms with Crippen molar-refractivity contribution in [3.63, 3.8) is 0 Å². The van der Waals surface area contributed by atoms with E-state index in [1.165, 1.54) is 12.8 Å². The van der Waals surface area contributed by atoms with E-state index in [0.29, 0.717) is 24.8 Å². The Morgan fingerprint density at radius 3 is 2.94 bits per heavy atom. The van der Waals surface area contributed by atoms with Gasteiger partial charge in [0.1, 0.15) is 0 Å². The summed E-state index contributed by atoms with van der Waals surface area (Å²) in [5.74, 6) is 1.43. The van der Waals surface area contributed by atoms with Gasteiger partial charge in [0.05, 0.1) is 0 Å². The number of amides is 1. The third-order valence-corrected chi connectivity index (χ3v) is 3.83. The van der Waals surface area contributed by atoms with Crippen LogP contribution in [0.5, 0.6) is 0 Å². The third-order valence-electron chi connectivity index (χ3n) is 3.83. The molecular formula is C15H28N2O. The van der Waals surface area contributed by atoms with Crippen molar-refractivity contribution >= 4 is 5.91 Å². The maximum atomic E-state index is 12.2. The molecule has 1 aliphatic rings. The Kier molecular flexibility index (Phi) is 7.02. The van der Waals surface area contributed by atoms with Crippen LogP contribution in [0, 0.1) is 11.8 Å². The number of nitrogens with zero attached hydrogens (tertiary/aromatic N) is 1. The quantitative estimate of drug-likeness (QED) is 0.706. The van der Waals surface area contributed by atoms with Crippen molar-refractivity contribution < 1.29 is 4.79 Å². The van der Waals surface area contributed by atoms with Gasteiger partial charge in [0.25, 0.3) is 0 Å². The minimum absolute atomic E-state index is 0.287. The minimum atomic E-state index is 0.287. The summed E-state index contributed by atoms with van der Waals surface area (Å²) < 4.78 is 0. The van der Waals surface area contributed by atoms with E-state index in [4.69, 9.17) is 0 Å². The zero-order valence-electron chi connectivity index (χ0n) is 12.0. The molecule has 18 heavy (non-hydrogen) atoms. The summed E-state index contributed by atoms with van der Waals surface area (Å²) in [6.07, 6.45) is 6.02. The van der Waals surface area contributed by atoms with E-state index in [9.17, 15) is 4.79 Å². The first-order chi connectivity index (χ1) is 8.69. The highest BCUT2D eigenvalue weighted by Crippen LogP contribution is 2.23. The molecule has 1 fully saturated rings. The molecule has 0 spiro atoms. The molecule has 1 rings (SSSR count). The van der Waals surface area contributed by atoms with Crippen LogP contribution < -0.4 is 5.32 Å². The Morgan fingerprint density at radius 2 is 2.39 bits per heavy atom. The van der Waals surface area contributed by atoms with Crippen LogP contribution in [-0.2, 0) is 4.79 Å². The Labute approximate surface area is 112 Å². The highest BCUT2D eigenvalue weighted by molar-refractivity contribution is 5.76. The van der Waals surface area contributed by atoms with Crippen molar-refractivity contribution in [3.8, 4) is 0 Å². The standard InChI is InChI=1S/C15H28N2O/c1-4-9-17(10-5-2)15(18)11-13(3)14-7-6-8-16-12-14/h4,13-14,16H,1,5-12H2,2-3H3. The number of hydrogen-bond acceptors (Lipinski definition) is 2. The second-order valence-electron chi connectivity index (χ2n) is 5.42. The average Bonchev–Trinajstić information content (AvgIpc) is 2.39. The smallest absolute Gasteiger partial charge is 0.223 e. The maximum Gasteiger partial charge on any atom is 0.223 e. The minimum Gasteiger partial charge on any atom is -0.339 e. The molecule has 1 N–H and O–H groups in total. The number of carbonyl (C=O) groups excluding carboxylic acids is 1. The SMILES string of the molecule is C=CCN(CCC)C(=O)CC(C)C1CCCNC1. The number of piperidine rings is 1. The number of rotatable bonds is 7. The molecule has 1 amide bonds. The predicted molar refractivity (Wildman–Crippen MR) is 76.4 cm³/mol. The van der Waals surface area contributed by atoms with Gasteiger partial charge in [-0.1, -0.05) is 19.9 Å². The van der Waals surface area contributed by atoms with Crippen molar-refractivity contribution in [2.75, 3.05) is 26.2 Å².